The van der Waals surface area contributed by atoms with Crippen molar-refractivity contribution in [1.82, 2.24) is 10.1 Å². The number of rotatable bonds is 4. The SMILES string of the molecule is COc1c(CN(C)C)cccc1-c1cc(N)on1. The lowest BCUT2D eigenvalue weighted by molar-refractivity contribution is 0.372. The Morgan fingerprint density at radius 2 is 2.17 bits per heavy atom. The maximum Gasteiger partial charge on any atom is 0.222 e. The maximum atomic E-state index is 5.55. The van der Waals surface area contributed by atoms with E-state index in [1.54, 1.807) is 13.2 Å². The van der Waals surface area contributed by atoms with Crippen molar-refractivity contribution < 1.29 is 9.26 Å². The first-order valence-electron chi connectivity index (χ1n) is 5.65. The van der Waals surface area contributed by atoms with Gasteiger partial charge in [-0.05, 0) is 20.2 Å². The van der Waals surface area contributed by atoms with Gasteiger partial charge in [0.15, 0.2) is 0 Å². The molecule has 0 amide bonds. The molecule has 0 aliphatic heterocycles. The first-order valence-corrected chi connectivity index (χ1v) is 5.65. The minimum absolute atomic E-state index is 0.296. The summed E-state index contributed by atoms with van der Waals surface area (Å²) in [6, 6.07) is 7.64. The number of benzene rings is 1. The van der Waals surface area contributed by atoms with E-state index >= 15 is 0 Å². The predicted octanol–water partition coefficient (Wildman–Crippen LogP) is 1.99. The minimum atomic E-state index is 0.296. The summed E-state index contributed by atoms with van der Waals surface area (Å²) in [4.78, 5) is 2.08. The molecule has 0 spiro atoms. The zero-order valence-corrected chi connectivity index (χ0v) is 10.8. The second kappa shape index (κ2) is 5.10. The number of anilines is 1. The molecule has 1 aromatic heterocycles. The van der Waals surface area contributed by atoms with Gasteiger partial charge in [0.2, 0.25) is 5.88 Å². The summed E-state index contributed by atoms with van der Waals surface area (Å²) in [5, 5.41) is 3.92. The summed E-state index contributed by atoms with van der Waals surface area (Å²) < 4.78 is 10.4. The Morgan fingerprint density at radius 1 is 1.39 bits per heavy atom. The predicted molar refractivity (Wildman–Crippen MR) is 70.3 cm³/mol. The van der Waals surface area contributed by atoms with Gasteiger partial charge in [-0.25, -0.2) is 0 Å². The molecule has 0 unspecified atom stereocenters. The largest absolute Gasteiger partial charge is 0.496 e. The third-order valence-corrected chi connectivity index (χ3v) is 2.59. The third-order valence-electron chi connectivity index (χ3n) is 2.59. The molecule has 2 N–H and O–H groups in total. The molecule has 5 nitrogen and oxygen atoms in total. The standard InChI is InChI=1S/C13H17N3O2/c1-16(2)8-9-5-4-6-10(13(9)17-3)11-7-12(14)18-15-11/h4-7H,8,14H2,1-3H3. The van der Waals surface area contributed by atoms with Crippen molar-refractivity contribution in [3.63, 3.8) is 0 Å². The highest BCUT2D eigenvalue weighted by Gasteiger charge is 2.14. The van der Waals surface area contributed by atoms with Gasteiger partial charge < -0.3 is 19.9 Å². The van der Waals surface area contributed by atoms with Crippen LogP contribution in [0.15, 0.2) is 28.8 Å². The fourth-order valence-corrected chi connectivity index (χ4v) is 1.91. The highest BCUT2D eigenvalue weighted by atomic mass is 16.5. The highest BCUT2D eigenvalue weighted by molar-refractivity contribution is 5.70. The van der Waals surface area contributed by atoms with E-state index in [1.807, 2.05) is 32.3 Å². The van der Waals surface area contributed by atoms with Crippen molar-refractivity contribution in [2.24, 2.45) is 0 Å². The van der Waals surface area contributed by atoms with E-state index in [1.165, 1.54) is 0 Å². The average Bonchev–Trinajstić information content (AvgIpc) is 2.74. The van der Waals surface area contributed by atoms with Crippen LogP contribution in [0.3, 0.4) is 0 Å². The number of nitrogens with zero attached hydrogens (tertiary/aromatic N) is 2. The van der Waals surface area contributed by atoms with Gasteiger partial charge in [-0.1, -0.05) is 17.3 Å². The number of aromatic nitrogens is 1. The lowest BCUT2D eigenvalue weighted by Crippen LogP contribution is -2.11. The van der Waals surface area contributed by atoms with Gasteiger partial charge in [-0.15, -0.1) is 0 Å². The lowest BCUT2D eigenvalue weighted by atomic mass is 10.1. The molecule has 1 heterocycles. The van der Waals surface area contributed by atoms with Crippen molar-refractivity contribution in [2.75, 3.05) is 26.9 Å². The molecule has 2 rings (SSSR count). The van der Waals surface area contributed by atoms with Crippen LogP contribution in [-0.2, 0) is 6.54 Å². The van der Waals surface area contributed by atoms with Crippen LogP contribution in [0.2, 0.25) is 0 Å². The summed E-state index contributed by atoms with van der Waals surface area (Å²) in [6.45, 7) is 0.796. The van der Waals surface area contributed by atoms with Crippen LogP contribution in [-0.4, -0.2) is 31.3 Å². The summed E-state index contributed by atoms with van der Waals surface area (Å²) in [6.07, 6.45) is 0. The Bertz CT molecular complexity index is 535. The average molecular weight is 247 g/mol. The number of methoxy groups -OCH3 is 1. The van der Waals surface area contributed by atoms with E-state index in [9.17, 15) is 0 Å². The molecule has 2 aromatic rings. The van der Waals surface area contributed by atoms with Crippen LogP contribution >= 0.6 is 0 Å². The number of hydrogen-bond donors (Lipinski definition) is 1. The fraction of sp³-hybridized carbons (Fsp3) is 0.308. The first-order chi connectivity index (χ1) is 8.61. The molecule has 0 fully saturated rings. The van der Waals surface area contributed by atoms with Gasteiger partial charge in [0.25, 0.3) is 0 Å². The Hall–Kier alpha value is -2.01. The molecular formula is C13H17N3O2. The third kappa shape index (κ3) is 2.46. The van der Waals surface area contributed by atoms with Gasteiger partial charge in [-0.3, -0.25) is 0 Å². The van der Waals surface area contributed by atoms with Crippen LogP contribution in [0.1, 0.15) is 5.56 Å². The Balaban J connectivity index is 2.47. The monoisotopic (exact) mass is 247 g/mol. The van der Waals surface area contributed by atoms with Gasteiger partial charge in [0, 0.05) is 23.7 Å². The summed E-state index contributed by atoms with van der Waals surface area (Å²) >= 11 is 0. The number of ether oxygens (including phenoxy) is 1. The van der Waals surface area contributed by atoms with Gasteiger partial charge in [0.1, 0.15) is 11.4 Å². The first kappa shape index (κ1) is 12.4. The lowest BCUT2D eigenvalue weighted by Gasteiger charge is -2.15. The van der Waals surface area contributed by atoms with E-state index in [4.69, 9.17) is 15.0 Å². The van der Waals surface area contributed by atoms with Gasteiger partial charge >= 0.3 is 0 Å². The van der Waals surface area contributed by atoms with Crippen LogP contribution in [0.25, 0.3) is 11.3 Å². The zero-order chi connectivity index (χ0) is 13.1. The van der Waals surface area contributed by atoms with E-state index in [0.29, 0.717) is 11.6 Å². The Morgan fingerprint density at radius 3 is 2.72 bits per heavy atom. The highest BCUT2D eigenvalue weighted by Crippen LogP contribution is 2.33. The van der Waals surface area contributed by atoms with E-state index in [2.05, 4.69) is 10.1 Å². The van der Waals surface area contributed by atoms with Crippen LogP contribution in [0.4, 0.5) is 5.88 Å². The van der Waals surface area contributed by atoms with Crippen LogP contribution in [0.5, 0.6) is 5.75 Å². The molecule has 0 saturated heterocycles. The van der Waals surface area contributed by atoms with Crippen molar-refractivity contribution in [1.29, 1.82) is 0 Å². The topological polar surface area (TPSA) is 64.5 Å². The van der Waals surface area contributed by atoms with Crippen LogP contribution in [0, 0.1) is 0 Å². The molecule has 0 atom stereocenters. The molecule has 1 aromatic carbocycles. The smallest absolute Gasteiger partial charge is 0.222 e. The number of para-hydroxylation sites is 1. The van der Waals surface area contributed by atoms with E-state index in [-0.39, 0.29) is 0 Å². The Kier molecular flexibility index (Phi) is 3.53. The van der Waals surface area contributed by atoms with Crippen molar-refractivity contribution in [2.45, 2.75) is 6.54 Å². The normalized spacial score (nSPS) is 10.9. The zero-order valence-electron chi connectivity index (χ0n) is 10.8. The number of hydrogen-bond acceptors (Lipinski definition) is 5. The van der Waals surface area contributed by atoms with Crippen molar-refractivity contribution in [3.8, 4) is 17.0 Å². The number of nitrogens with two attached hydrogens (primary N) is 1. The molecule has 5 heteroatoms. The summed E-state index contributed by atoms with van der Waals surface area (Å²) in [7, 11) is 5.68. The molecule has 0 radical (unpaired) electrons. The second-order valence-corrected chi connectivity index (χ2v) is 4.35. The van der Waals surface area contributed by atoms with Crippen molar-refractivity contribution >= 4 is 5.88 Å². The molecule has 0 aliphatic carbocycles. The number of nitrogen functional groups attached to an aromatic ring is 1. The minimum Gasteiger partial charge on any atom is -0.496 e. The second-order valence-electron chi connectivity index (χ2n) is 4.35. The molecule has 0 aliphatic rings. The molecule has 18 heavy (non-hydrogen) atoms. The Labute approximate surface area is 106 Å². The molecular weight excluding hydrogens is 230 g/mol. The van der Waals surface area contributed by atoms with E-state index < -0.39 is 0 Å². The fourth-order valence-electron chi connectivity index (χ4n) is 1.91. The summed E-state index contributed by atoms with van der Waals surface area (Å²) in [5.41, 5.74) is 8.22. The molecule has 96 valence electrons. The van der Waals surface area contributed by atoms with E-state index in [0.717, 1.165) is 23.4 Å². The molecule has 0 saturated carbocycles. The maximum absolute atomic E-state index is 5.55. The van der Waals surface area contributed by atoms with Gasteiger partial charge in [-0.2, -0.15) is 0 Å². The van der Waals surface area contributed by atoms with Crippen molar-refractivity contribution in [3.05, 3.63) is 29.8 Å². The van der Waals surface area contributed by atoms with Crippen LogP contribution < -0.4 is 10.5 Å². The van der Waals surface area contributed by atoms with Gasteiger partial charge in [0.05, 0.1) is 7.11 Å². The molecule has 0 bridgehead atoms. The summed E-state index contributed by atoms with van der Waals surface area (Å²) in [5.74, 6) is 1.10. The quantitative estimate of drug-likeness (QED) is 0.895.